The molecular weight excluding hydrogens is 178 g/mol. The number of rotatable bonds is 0. The van der Waals surface area contributed by atoms with Crippen LogP contribution >= 0.6 is 12.4 Å². The molecule has 0 unspecified atom stereocenters. The quantitative estimate of drug-likeness (QED) is 0.611. The Kier molecular flexibility index (Phi) is 7.68. The molecule has 1 rings (SSSR count). The molecule has 0 bridgehead atoms. The number of phenolic OH excluding ortho intramolecular Hbond substituents is 1. The summed E-state index contributed by atoms with van der Waals surface area (Å²) in [5.41, 5.74) is 0. The van der Waals surface area contributed by atoms with E-state index in [9.17, 15) is 0 Å². The Balaban J connectivity index is 0. The summed E-state index contributed by atoms with van der Waals surface area (Å²) in [5.74, 6) is 0.322. The molecule has 0 aliphatic rings. The summed E-state index contributed by atoms with van der Waals surface area (Å²) in [6.45, 7) is 0. The fourth-order valence-corrected chi connectivity index (χ4v) is 0.428. The first-order valence-electron chi connectivity index (χ1n) is 2.13. The van der Waals surface area contributed by atoms with Crippen LogP contribution in [0.15, 0.2) is 30.3 Å². The predicted octanol–water partition coefficient (Wildman–Crippen LogP) is 1.81. The van der Waals surface area contributed by atoms with Crippen LogP contribution < -0.4 is 0 Å². The van der Waals surface area contributed by atoms with Gasteiger partial charge >= 0.3 is 0 Å². The third kappa shape index (κ3) is 4.34. The number of hydrogen-bond donors (Lipinski definition) is 1. The molecule has 1 aromatic rings. The molecule has 1 N–H and O–H groups in total. The molecule has 0 aliphatic heterocycles. The standard InChI is InChI=1S/C6H6O.ClH.Mn/c7-6-4-2-1-3-5-6;;/h1-5,7H;1H;. The van der Waals surface area contributed by atoms with Gasteiger partial charge in [-0.2, -0.15) is 0 Å². The maximum absolute atomic E-state index is 8.63. The van der Waals surface area contributed by atoms with Crippen LogP contribution in [0.4, 0.5) is 0 Å². The molecule has 0 aliphatic carbocycles. The number of benzene rings is 1. The molecule has 0 heterocycles. The second kappa shape index (κ2) is 5.96. The van der Waals surface area contributed by atoms with Gasteiger partial charge in [-0.3, -0.25) is 0 Å². The van der Waals surface area contributed by atoms with Gasteiger partial charge in [-0.1, -0.05) is 18.2 Å². The smallest absolute Gasteiger partial charge is 0.115 e. The van der Waals surface area contributed by atoms with Crippen molar-refractivity contribution in [2.45, 2.75) is 0 Å². The molecule has 0 fully saturated rings. The minimum atomic E-state index is 0. The fourth-order valence-electron chi connectivity index (χ4n) is 0.428. The summed E-state index contributed by atoms with van der Waals surface area (Å²) in [6.07, 6.45) is 0. The normalized spacial score (nSPS) is 6.67. The van der Waals surface area contributed by atoms with Crippen molar-refractivity contribution in [3.05, 3.63) is 30.3 Å². The van der Waals surface area contributed by atoms with Crippen LogP contribution in [0, 0.1) is 0 Å². The first-order valence-corrected chi connectivity index (χ1v) is 2.13. The molecule has 1 radical (unpaired) electrons. The van der Waals surface area contributed by atoms with Gasteiger partial charge in [0.1, 0.15) is 5.75 Å². The third-order valence-electron chi connectivity index (χ3n) is 0.756. The zero-order chi connectivity index (χ0) is 5.11. The van der Waals surface area contributed by atoms with Gasteiger partial charge < -0.3 is 5.11 Å². The number of phenols is 1. The van der Waals surface area contributed by atoms with Crippen LogP contribution in [-0.2, 0) is 17.1 Å². The van der Waals surface area contributed by atoms with E-state index in [4.69, 9.17) is 5.11 Å². The van der Waals surface area contributed by atoms with Gasteiger partial charge in [0.05, 0.1) is 0 Å². The van der Waals surface area contributed by atoms with Gasteiger partial charge in [0.25, 0.3) is 0 Å². The van der Waals surface area contributed by atoms with E-state index < -0.39 is 0 Å². The maximum Gasteiger partial charge on any atom is 0.115 e. The third-order valence-corrected chi connectivity index (χ3v) is 0.756. The predicted molar refractivity (Wildman–Crippen MR) is 35.4 cm³/mol. The largest absolute Gasteiger partial charge is 0.508 e. The second-order valence-electron chi connectivity index (χ2n) is 1.34. The first-order chi connectivity index (χ1) is 3.39. The second-order valence-corrected chi connectivity index (χ2v) is 1.34. The SMILES string of the molecule is Cl.Oc1ccccc1.[Mn]. The van der Waals surface area contributed by atoms with Crippen molar-refractivity contribution < 1.29 is 22.2 Å². The Morgan fingerprint density at radius 1 is 1.00 bits per heavy atom. The average molecular weight is 186 g/mol. The Hall–Kier alpha value is -0.171. The van der Waals surface area contributed by atoms with E-state index in [0.29, 0.717) is 5.75 Å². The summed E-state index contributed by atoms with van der Waals surface area (Å²) in [6, 6.07) is 8.71. The van der Waals surface area contributed by atoms with Gasteiger partial charge in [0, 0.05) is 17.1 Å². The Morgan fingerprint density at radius 3 is 1.67 bits per heavy atom. The van der Waals surface area contributed by atoms with Gasteiger partial charge in [0.15, 0.2) is 0 Å². The van der Waals surface area contributed by atoms with Gasteiger partial charge in [-0.05, 0) is 12.1 Å². The first kappa shape index (κ1) is 11.6. The number of hydrogen-bond acceptors (Lipinski definition) is 1. The van der Waals surface area contributed by atoms with Crippen LogP contribution in [0.5, 0.6) is 5.75 Å². The van der Waals surface area contributed by atoms with Crippen LogP contribution in [0.3, 0.4) is 0 Å². The van der Waals surface area contributed by atoms with Crippen molar-refractivity contribution in [2.75, 3.05) is 0 Å². The molecule has 0 atom stereocenters. The van der Waals surface area contributed by atoms with Crippen molar-refractivity contribution in [1.29, 1.82) is 0 Å². The van der Waals surface area contributed by atoms with Gasteiger partial charge in [0.2, 0.25) is 0 Å². The Bertz CT molecular complexity index is 143. The van der Waals surface area contributed by atoms with E-state index >= 15 is 0 Å². The van der Waals surface area contributed by atoms with E-state index in [-0.39, 0.29) is 29.5 Å². The van der Waals surface area contributed by atoms with Crippen molar-refractivity contribution in [2.24, 2.45) is 0 Å². The molecule has 0 saturated carbocycles. The zero-order valence-electron chi connectivity index (χ0n) is 4.62. The average Bonchev–Trinajstić information content (AvgIpc) is 1.69. The molecule has 0 spiro atoms. The van der Waals surface area contributed by atoms with Crippen LogP contribution in [0.2, 0.25) is 0 Å². The van der Waals surface area contributed by atoms with Crippen molar-refractivity contribution in [3.8, 4) is 5.75 Å². The van der Waals surface area contributed by atoms with Crippen molar-refractivity contribution >= 4 is 12.4 Å². The molecule has 1 nitrogen and oxygen atoms in total. The minimum absolute atomic E-state index is 0. The van der Waals surface area contributed by atoms with Crippen molar-refractivity contribution in [1.82, 2.24) is 0 Å². The molecule has 9 heavy (non-hydrogen) atoms. The van der Waals surface area contributed by atoms with Gasteiger partial charge in [-0.25, -0.2) is 0 Å². The molecule has 0 saturated heterocycles. The monoisotopic (exact) mass is 185 g/mol. The van der Waals surface area contributed by atoms with E-state index in [1.54, 1.807) is 24.3 Å². The minimum Gasteiger partial charge on any atom is -0.508 e. The molecule has 0 aromatic heterocycles. The Labute approximate surface area is 71.0 Å². The van der Waals surface area contributed by atoms with E-state index in [0.717, 1.165) is 0 Å². The maximum atomic E-state index is 8.63. The van der Waals surface area contributed by atoms with E-state index in [1.165, 1.54) is 0 Å². The topological polar surface area (TPSA) is 20.2 Å². The molecule has 51 valence electrons. The molecular formula is C6H7ClMnO. The summed E-state index contributed by atoms with van der Waals surface area (Å²) in [7, 11) is 0. The summed E-state index contributed by atoms with van der Waals surface area (Å²) < 4.78 is 0. The number of aromatic hydroxyl groups is 1. The summed E-state index contributed by atoms with van der Waals surface area (Å²) in [4.78, 5) is 0. The fraction of sp³-hybridized carbons (Fsp3) is 0. The van der Waals surface area contributed by atoms with Crippen LogP contribution in [0.25, 0.3) is 0 Å². The van der Waals surface area contributed by atoms with E-state index in [1.807, 2.05) is 6.07 Å². The number of para-hydroxylation sites is 1. The summed E-state index contributed by atoms with van der Waals surface area (Å²) in [5, 5.41) is 8.63. The molecule has 0 amide bonds. The zero-order valence-corrected chi connectivity index (χ0v) is 6.62. The van der Waals surface area contributed by atoms with Crippen molar-refractivity contribution in [3.63, 3.8) is 0 Å². The molecule has 1 aromatic carbocycles. The van der Waals surface area contributed by atoms with Crippen LogP contribution in [-0.4, -0.2) is 5.11 Å². The summed E-state index contributed by atoms with van der Waals surface area (Å²) >= 11 is 0. The number of halogens is 1. The van der Waals surface area contributed by atoms with Gasteiger partial charge in [-0.15, -0.1) is 12.4 Å². The van der Waals surface area contributed by atoms with E-state index in [2.05, 4.69) is 0 Å². The van der Waals surface area contributed by atoms with Crippen LogP contribution in [0.1, 0.15) is 0 Å². The molecule has 3 heteroatoms. The Morgan fingerprint density at radius 2 is 1.44 bits per heavy atom.